The lowest BCUT2D eigenvalue weighted by atomic mass is 9.92. The second-order valence-corrected chi connectivity index (χ2v) is 5.41. The summed E-state index contributed by atoms with van der Waals surface area (Å²) in [6.07, 6.45) is 8.82. The van der Waals surface area contributed by atoms with Crippen LogP contribution in [0.5, 0.6) is 0 Å². The maximum absolute atomic E-state index is 5.42. The Labute approximate surface area is 116 Å². The molecule has 1 unspecified atom stereocenters. The SMILES string of the molecule is CCCc1cnc(N2CCC(C(C)OC)CC2)nc1. The molecule has 4 nitrogen and oxygen atoms in total. The van der Waals surface area contributed by atoms with Crippen LogP contribution in [0.4, 0.5) is 5.95 Å². The summed E-state index contributed by atoms with van der Waals surface area (Å²) in [5.41, 5.74) is 1.23. The van der Waals surface area contributed by atoms with Gasteiger partial charge in [0.2, 0.25) is 5.95 Å². The average molecular weight is 263 g/mol. The number of ether oxygens (including phenoxy) is 1. The van der Waals surface area contributed by atoms with Gasteiger partial charge in [-0.3, -0.25) is 0 Å². The van der Waals surface area contributed by atoms with Crippen LogP contribution in [0.25, 0.3) is 0 Å². The molecule has 1 aromatic rings. The van der Waals surface area contributed by atoms with Gasteiger partial charge in [0.1, 0.15) is 0 Å². The Morgan fingerprint density at radius 1 is 1.32 bits per heavy atom. The van der Waals surface area contributed by atoms with Crippen molar-refractivity contribution in [1.82, 2.24) is 9.97 Å². The highest BCUT2D eigenvalue weighted by Gasteiger charge is 2.24. The van der Waals surface area contributed by atoms with Gasteiger partial charge in [-0.1, -0.05) is 13.3 Å². The highest BCUT2D eigenvalue weighted by molar-refractivity contribution is 5.30. The van der Waals surface area contributed by atoms with E-state index in [0.29, 0.717) is 12.0 Å². The number of methoxy groups -OCH3 is 1. The molecule has 2 heterocycles. The fourth-order valence-corrected chi connectivity index (χ4v) is 2.69. The van der Waals surface area contributed by atoms with Gasteiger partial charge in [-0.05, 0) is 37.7 Å². The Hall–Kier alpha value is -1.16. The van der Waals surface area contributed by atoms with Crippen molar-refractivity contribution < 1.29 is 4.74 Å². The minimum Gasteiger partial charge on any atom is -0.381 e. The van der Waals surface area contributed by atoms with E-state index in [4.69, 9.17) is 4.74 Å². The lowest BCUT2D eigenvalue weighted by Gasteiger charge is -2.34. The van der Waals surface area contributed by atoms with E-state index in [0.717, 1.165) is 44.7 Å². The van der Waals surface area contributed by atoms with Crippen LogP contribution in [0.2, 0.25) is 0 Å². The Morgan fingerprint density at radius 3 is 2.47 bits per heavy atom. The number of rotatable bonds is 5. The highest BCUT2D eigenvalue weighted by atomic mass is 16.5. The van der Waals surface area contributed by atoms with Crippen molar-refractivity contribution >= 4 is 5.95 Å². The molecule has 0 amide bonds. The van der Waals surface area contributed by atoms with Gasteiger partial charge in [-0.15, -0.1) is 0 Å². The third kappa shape index (κ3) is 3.66. The molecule has 1 aliphatic rings. The van der Waals surface area contributed by atoms with E-state index in [1.54, 1.807) is 7.11 Å². The number of aryl methyl sites for hydroxylation is 1. The molecule has 0 N–H and O–H groups in total. The summed E-state index contributed by atoms with van der Waals surface area (Å²) in [5.74, 6) is 1.55. The first-order valence-corrected chi connectivity index (χ1v) is 7.33. The van der Waals surface area contributed by atoms with Crippen LogP contribution in [0.1, 0.15) is 38.7 Å². The van der Waals surface area contributed by atoms with E-state index in [1.807, 2.05) is 12.4 Å². The van der Waals surface area contributed by atoms with Gasteiger partial charge in [0.15, 0.2) is 0 Å². The molecule has 4 heteroatoms. The number of hydrogen-bond donors (Lipinski definition) is 0. The summed E-state index contributed by atoms with van der Waals surface area (Å²) in [6, 6.07) is 0. The van der Waals surface area contributed by atoms with Gasteiger partial charge in [-0.2, -0.15) is 0 Å². The summed E-state index contributed by atoms with van der Waals surface area (Å²) in [5, 5.41) is 0. The highest BCUT2D eigenvalue weighted by Crippen LogP contribution is 2.24. The molecule has 1 saturated heterocycles. The number of nitrogens with zero attached hydrogens (tertiary/aromatic N) is 3. The van der Waals surface area contributed by atoms with E-state index >= 15 is 0 Å². The number of anilines is 1. The minimum absolute atomic E-state index is 0.356. The van der Waals surface area contributed by atoms with E-state index in [9.17, 15) is 0 Å². The summed E-state index contributed by atoms with van der Waals surface area (Å²) < 4.78 is 5.42. The standard InChI is InChI=1S/C15H25N3O/c1-4-5-13-10-16-15(17-11-13)18-8-6-14(7-9-18)12(2)19-3/h10-12,14H,4-9H2,1-3H3. The molecule has 1 atom stereocenters. The molecule has 106 valence electrons. The van der Waals surface area contributed by atoms with Crippen LogP contribution in [0.3, 0.4) is 0 Å². The Bertz CT molecular complexity index is 371. The minimum atomic E-state index is 0.356. The van der Waals surface area contributed by atoms with Gasteiger partial charge >= 0.3 is 0 Å². The van der Waals surface area contributed by atoms with Gasteiger partial charge in [-0.25, -0.2) is 9.97 Å². The van der Waals surface area contributed by atoms with Gasteiger partial charge < -0.3 is 9.64 Å². The van der Waals surface area contributed by atoms with Crippen molar-refractivity contribution in [1.29, 1.82) is 0 Å². The number of aromatic nitrogens is 2. The van der Waals surface area contributed by atoms with Crippen molar-refractivity contribution in [3.8, 4) is 0 Å². The van der Waals surface area contributed by atoms with Crippen LogP contribution >= 0.6 is 0 Å². The molecule has 0 saturated carbocycles. The molecule has 0 aliphatic carbocycles. The Kier molecular flexibility index (Phi) is 5.14. The van der Waals surface area contributed by atoms with Crippen LogP contribution in [0, 0.1) is 5.92 Å². The first kappa shape index (κ1) is 14.3. The quantitative estimate of drug-likeness (QED) is 0.818. The zero-order chi connectivity index (χ0) is 13.7. The molecule has 2 rings (SSSR count). The van der Waals surface area contributed by atoms with Crippen LogP contribution < -0.4 is 4.90 Å². The van der Waals surface area contributed by atoms with Gasteiger partial charge in [0.25, 0.3) is 0 Å². The maximum atomic E-state index is 5.42. The lowest BCUT2D eigenvalue weighted by Crippen LogP contribution is -2.38. The third-order valence-corrected chi connectivity index (χ3v) is 4.09. The zero-order valence-electron chi connectivity index (χ0n) is 12.3. The number of hydrogen-bond acceptors (Lipinski definition) is 4. The first-order valence-electron chi connectivity index (χ1n) is 7.33. The number of piperidine rings is 1. The molecule has 0 bridgehead atoms. The molecular weight excluding hydrogens is 238 g/mol. The molecule has 0 aromatic carbocycles. The van der Waals surface area contributed by atoms with Gasteiger partial charge in [0, 0.05) is 32.6 Å². The molecule has 1 aromatic heterocycles. The predicted octanol–water partition coefficient (Wildman–Crippen LogP) is 2.68. The molecular formula is C15H25N3O. The molecule has 1 aliphatic heterocycles. The van der Waals surface area contributed by atoms with Crippen LogP contribution in [-0.4, -0.2) is 36.3 Å². The van der Waals surface area contributed by atoms with Gasteiger partial charge in [0.05, 0.1) is 6.10 Å². The second-order valence-electron chi connectivity index (χ2n) is 5.41. The first-order chi connectivity index (χ1) is 9.24. The Balaban J connectivity index is 1.90. The fraction of sp³-hybridized carbons (Fsp3) is 0.733. The van der Waals surface area contributed by atoms with Crippen molar-refractivity contribution in [3.05, 3.63) is 18.0 Å². The van der Waals surface area contributed by atoms with E-state index in [-0.39, 0.29) is 0 Å². The lowest BCUT2D eigenvalue weighted by molar-refractivity contribution is 0.0563. The van der Waals surface area contributed by atoms with Crippen molar-refractivity contribution in [3.63, 3.8) is 0 Å². The topological polar surface area (TPSA) is 38.2 Å². The fourth-order valence-electron chi connectivity index (χ4n) is 2.69. The summed E-state index contributed by atoms with van der Waals surface area (Å²) >= 11 is 0. The van der Waals surface area contributed by atoms with Crippen molar-refractivity contribution in [2.45, 2.75) is 45.6 Å². The van der Waals surface area contributed by atoms with E-state index in [1.165, 1.54) is 5.56 Å². The monoisotopic (exact) mass is 263 g/mol. The second kappa shape index (κ2) is 6.85. The third-order valence-electron chi connectivity index (χ3n) is 4.09. The summed E-state index contributed by atoms with van der Waals surface area (Å²) in [6.45, 7) is 6.41. The van der Waals surface area contributed by atoms with Crippen LogP contribution in [0.15, 0.2) is 12.4 Å². The molecule has 0 radical (unpaired) electrons. The average Bonchev–Trinajstić information content (AvgIpc) is 2.48. The largest absolute Gasteiger partial charge is 0.381 e. The van der Waals surface area contributed by atoms with E-state index < -0.39 is 0 Å². The maximum Gasteiger partial charge on any atom is 0.225 e. The molecule has 0 spiro atoms. The summed E-state index contributed by atoms with van der Waals surface area (Å²) in [7, 11) is 1.80. The summed E-state index contributed by atoms with van der Waals surface area (Å²) in [4.78, 5) is 11.3. The van der Waals surface area contributed by atoms with Crippen molar-refractivity contribution in [2.24, 2.45) is 5.92 Å². The molecule has 19 heavy (non-hydrogen) atoms. The van der Waals surface area contributed by atoms with E-state index in [2.05, 4.69) is 28.7 Å². The Morgan fingerprint density at radius 2 is 1.95 bits per heavy atom. The molecule has 1 fully saturated rings. The smallest absolute Gasteiger partial charge is 0.225 e. The zero-order valence-corrected chi connectivity index (χ0v) is 12.3. The normalized spacial score (nSPS) is 18.6. The van der Waals surface area contributed by atoms with Crippen LogP contribution in [-0.2, 0) is 11.2 Å². The predicted molar refractivity (Wildman–Crippen MR) is 77.4 cm³/mol. The van der Waals surface area contributed by atoms with Crippen molar-refractivity contribution in [2.75, 3.05) is 25.1 Å².